The number of nitrogens with two attached hydrogens (primary N) is 1. The molecule has 20 heavy (non-hydrogen) atoms. The van der Waals surface area contributed by atoms with E-state index in [1.54, 1.807) is 0 Å². The van der Waals surface area contributed by atoms with Crippen LogP contribution in [0.2, 0.25) is 5.02 Å². The Morgan fingerprint density at radius 1 is 1.20 bits per heavy atom. The van der Waals surface area contributed by atoms with Crippen molar-refractivity contribution in [2.24, 2.45) is 0 Å². The maximum atomic E-state index is 6.22. The van der Waals surface area contributed by atoms with Crippen molar-refractivity contribution in [1.29, 1.82) is 0 Å². The molecule has 2 N–H and O–H groups in total. The molecule has 0 unspecified atom stereocenters. The van der Waals surface area contributed by atoms with Gasteiger partial charge in [-0.2, -0.15) is 0 Å². The number of aromatic nitrogens is 1. The average Bonchev–Trinajstić information content (AvgIpc) is 2.48. The number of benzene rings is 1. The minimum Gasteiger partial charge on any atom is -0.399 e. The molecule has 0 amide bonds. The lowest BCUT2D eigenvalue weighted by Crippen LogP contribution is -2.25. The number of anilines is 1. The van der Waals surface area contributed by atoms with Crippen LogP contribution in [0.15, 0.2) is 42.7 Å². The first kappa shape index (κ1) is 14.8. The average molecular weight is 290 g/mol. The van der Waals surface area contributed by atoms with Crippen molar-refractivity contribution in [2.75, 3.05) is 18.8 Å². The monoisotopic (exact) mass is 289 g/mol. The fraction of sp³-hybridized carbons (Fsp3) is 0.312. The Morgan fingerprint density at radius 2 is 1.95 bits per heavy atom. The van der Waals surface area contributed by atoms with Crippen molar-refractivity contribution >= 4 is 17.3 Å². The molecule has 1 aromatic carbocycles. The molecule has 106 valence electrons. The highest BCUT2D eigenvalue weighted by Gasteiger charge is 2.07. The van der Waals surface area contributed by atoms with Gasteiger partial charge in [-0.25, -0.2) is 0 Å². The molecule has 0 aliphatic rings. The standard InChI is InChI=1S/C16H20ClN3/c1-2-20(10-7-13-5-8-19-9-6-13)12-14-11-15(18)3-4-16(14)17/h3-6,8-9,11H,2,7,10,12,18H2,1H3. The number of nitrogens with zero attached hydrogens (tertiary/aromatic N) is 2. The molecular weight excluding hydrogens is 270 g/mol. The van der Waals surface area contributed by atoms with Gasteiger partial charge in [-0.15, -0.1) is 0 Å². The second-order valence-corrected chi connectivity index (χ2v) is 5.23. The van der Waals surface area contributed by atoms with Gasteiger partial charge in [-0.1, -0.05) is 18.5 Å². The summed E-state index contributed by atoms with van der Waals surface area (Å²) in [6.45, 7) is 4.96. The van der Waals surface area contributed by atoms with E-state index in [1.807, 2.05) is 30.6 Å². The third-order valence-electron chi connectivity index (χ3n) is 3.38. The summed E-state index contributed by atoms with van der Waals surface area (Å²) in [6, 6.07) is 9.77. The van der Waals surface area contributed by atoms with Crippen LogP contribution in [-0.2, 0) is 13.0 Å². The molecule has 0 spiro atoms. The zero-order valence-corrected chi connectivity index (χ0v) is 12.5. The Balaban J connectivity index is 1.97. The van der Waals surface area contributed by atoms with E-state index in [-0.39, 0.29) is 0 Å². The molecule has 2 rings (SSSR count). The molecule has 3 nitrogen and oxygen atoms in total. The third kappa shape index (κ3) is 4.22. The second-order valence-electron chi connectivity index (χ2n) is 4.83. The van der Waals surface area contributed by atoms with Crippen LogP contribution in [0.4, 0.5) is 5.69 Å². The fourth-order valence-electron chi connectivity index (χ4n) is 2.14. The van der Waals surface area contributed by atoms with Crippen molar-refractivity contribution in [3.63, 3.8) is 0 Å². The minimum absolute atomic E-state index is 0.759. The van der Waals surface area contributed by atoms with Crippen molar-refractivity contribution in [3.8, 4) is 0 Å². The number of likely N-dealkylation sites (N-methyl/N-ethyl adjacent to an activating group) is 1. The second kappa shape index (κ2) is 7.27. The topological polar surface area (TPSA) is 42.2 Å². The van der Waals surface area contributed by atoms with Crippen LogP contribution >= 0.6 is 11.6 Å². The summed E-state index contributed by atoms with van der Waals surface area (Å²) in [4.78, 5) is 6.40. The molecule has 1 aromatic heterocycles. The molecule has 4 heteroatoms. The van der Waals surface area contributed by atoms with Gasteiger partial charge in [0.2, 0.25) is 0 Å². The van der Waals surface area contributed by atoms with Crippen molar-refractivity contribution in [2.45, 2.75) is 19.9 Å². The maximum absolute atomic E-state index is 6.22. The molecular formula is C16H20ClN3. The largest absolute Gasteiger partial charge is 0.399 e. The molecule has 0 fully saturated rings. The first-order valence-corrected chi connectivity index (χ1v) is 7.22. The predicted octanol–water partition coefficient (Wildman–Crippen LogP) is 3.38. The van der Waals surface area contributed by atoms with Crippen LogP contribution in [0.3, 0.4) is 0 Å². The molecule has 2 aromatic rings. The number of pyridine rings is 1. The van der Waals surface area contributed by atoms with E-state index in [2.05, 4.69) is 28.9 Å². The van der Waals surface area contributed by atoms with Crippen LogP contribution < -0.4 is 5.73 Å². The third-order valence-corrected chi connectivity index (χ3v) is 3.75. The maximum Gasteiger partial charge on any atom is 0.0452 e. The quantitative estimate of drug-likeness (QED) is 0.829. The van der Waals surface area contributed by atoms with Gasteiger partial charge in [-0.05, 0) is 54.4 Å². The smallest absolute Gasteiger partial charge is 0.0452 e. The summed E-state index contributed by atoms with van der Waals surface area (Å²) in [7, 11) is 0. The molecule has 1 heterocycles. The SMILES string of the molecule is CCN(CCc1ccncc1)Cc1cc(N)ccc1Cl. The van der Waals surface area contributed by atoms with Crippen LogP contribution in [0.25, 0.3) is 0 Å². The summed E-state index contributed by atoms with van der Waals surface area (Å²) in [6.07, 6.45) is 4.68. The van der Waals surface area contributed by atoms with Gasteiger partial charge in [0.05, 0.1) is 0 Å². The van der Waals surface area contributed by atoms with Crippen LogP contribution in [-0.4, -0.2) is 23.0 Å². The number of rotatable bonds is 6. The Labute approximate surface area is 125 Å². The van der Waals surface area contributed by atoms with E-state index in [4.69, 9.17) is 17.3 Å². The highest BCUT2D eigenvalue weighted by molar-refractivity contribution is 6.31. The lowest BCUT2D eigenvalue weighted by molar-refractivity contribution is 0.284. The van der Waals surface area contributed by atoms with E-state index in [9.17, 15) is 0 Å². The van der Waals surface area contributed by atoms with Crippen molar-refractivity contribution in [1.82, 2.24) is 9.88 Å². The van der Waals surface area contributed by atoms with E-state index >= 15 is 0 Å². The zero-order valence-electron chi connectivity index (χ0n) is 11.7. The van der Waals surface area contributed by atoms with Gasteiger partial charge >= 0.3 is 0 Å². The van der Waals surface area contributed by atoms with Gasteiger partial charge in [0.15, 0.2) is 0 Å². The van der Waals surface area contributed by atoms with E-state index in [0.29, 0.717) is 0 Å². The van der Waals surface area contributed by atoms with Gasteiger partial charge < -0.3 is 5.73 Å². The van der Waals surface area contributed by atoms with Crippen LogP contribution in [0.1, 0.15) is 18.1 Å². The number of nitrogen functional groups attached to an aromatic ring is 1. The predicted molar refractivity (Wildman–Crippen MR) is 84.8 cm³/mol. The molecule has 0 aliphatic heterocycles. The minimum atomic E-state index is 0.759. The van der Waals surface area contributed by atoms with Gasteiger partial charge in [0.25, 0.3) is 0 Å². The molecule has 0 aliphatic carbocycles. The fourth-order valence-corrected chi connectivity index (χ4v) is 2.32. The Hall–Kier alpha value is -1.58. The lowest BCUT2D eigenvalue weighted by Gasteiger charge is -2.21. The molecule has 0 saturated carbocycles. The Kier molecular flexibility index (Phi) is 5.39. The van der Waals surface area contributed by atoms with Gasteiger partial charge in [-0.3, -0.25) is 9.88 Å². The molecule has 0 atom stereocenters. The van der Waals surface area contributed by atoms with Crippen LogP contribution in [0, 0.1) is 0 Å². The Morgan fingerprint density at radius 3 is 2.65 bits per heavy atom. The number of hydrogen-bond donors (Lipinski definition) is 1. The van der Waals surface area contributed by atoms with Crippen LogP contribution in [0.5, 0.6) is 0 Å². The van der Waals surface area contributed by atoms with Gasteiger partial charge in [0.1, 0.15) is 0 Å². The number of hydrogen-bond acceptors (Lipinski definition) is 3. The highest BCUT2D eigenvalue weighted by atomic mass is 35.5. The van der Waals surface area contributed by atoms with Gasteiger partial charge in [0, 0.05) is 36.2 Å². The first-order chi connectivity index (χ1) is 9.69. The normalized spacial score (nSPS) is 10.9. The van der Waals surface area contributed by atoms with Crippen molar-refractivity contribution < 1.29 is 0 Å². The summed E-state index contributed by atoms with van der Waals surface area (Å²) in [5.41, 5.74) is 8.97. The van der Waals surface area contributed by atoms with E-state index in [0.717, 1.165) is 42.3 Å². The highest BCUT2D eigenvalue weighted by Crippen LogP contribution is 2.20. The number of halogens is 1. The summed E-state index contributed by atoms with van der Waals surface area (Å²) in [5, 5.41) is 0.779. The molecule has 0 saturated heterocycles. The lowest BCUT2D eigenvalue weighted by atomic mass is 10.1. The summed E-state index contributed by atoms with van der Waals surface area (Å²) in [5.74, 6) is 0. The molecule has 0 bridgehead atoms. The summed E-state index contributed by atoms with van der Waals surface area (Å²) >= 11 is 6.22. The Bertz CT molecular complexity index is 543. The zero-order chi connectivity index (χ0) is 14.4. The van der Waals surface area contributed by atoms with E-state index < -0.39 is 0 Å². The van der Waals surface area contributed by atoms with E-state index in [1.165, 1.54) is 5.56 Å². The molecule has 0 radical (unpaired) electrons. The van der Waals surface area contributed by atoms with Crippen molar-refractivity contribution in [3.05, 3.63) is 58.9 Å². The summed E-state index contributed by atoms with van der Waals surface area (Å²) < 4.78 is 0. The first-order valence-electron chi connectivity index (χ1n) is 6.84.